The highest BCUT2D eigenvalue weighted by Crippen LogP contribution is 2.37. The topological polar surface area (TPSA) is 77.8 Å². The summed E-state index contributed by atoms with van der Waals surface area (Å²) in [6, 6.07) is 2.32. The second-order valence-electron chi connectivity index (χ2n) is 2.40. The fourth-order valence-corrected chi connectivity index (χ4v) is 0.878. The summed E-state index contributed by atoms with van der Waals surface area (Å²) in [6.45, 7) is 3.23. The molecule has 0 saturated carbocycles. The maximum absolute atomic E-state index is 11.0. The van der Waals surface area contributed by atoms with Crippen molar-refractivity contribution in [2.24, 2.45) is 0 Å². The molecule has 0 aliphatic carbocycles. The lowest BCUT2D eigenvalue weighted by molar-refractivity contribution is 0.104. The third kappa shape index (κ3) is 1.46. The first kappa shape index (κ1) is 9.12. The molecule has 0 atom stereocenters. The molecule has 0 spiro atoms. The Morgan fingerprint density at radius 3 is 2.38 bits per heavy atom. The number of rotatable bonds is 2. The quantitative estimate of drug-likeness (QED) is 0.362. The van der Waals surface area contributed by atoms with E-state index in [0.717, 1.165) is 12.1 Å². The van der Waals surface area contributed by atoms with Gasteiger partial charge in [-0.05, 0) is 18.2 Å². The van der Waals surface area contributed by atoms with Gasteiger partial charge in [0.05, 0.1) is 5.56 Å². The SMILES string of the molecule is C=CC(=O)c1ccc(O)c(O)c1O. The first-order valence-electron chi connectivity index (χ1n) is 3.48. The van der Waals surface area contributed by atoms with Gasteiger partial charge >= 0.3 is 0 Å². The predicted octanol–water partition coefficient (Wildman–Crippen LogP) is 1.17. The van der Waals surface area contributed by atoms with Crippen molar-refractivity contribution < 1.29 is 20.1 Å². The Morgan fingerprint density at radius 1 is 1.23 bits per heavy atom. The largest absolute Gasteiger partial charge is 0.504 e. The summed E-state index contributed by atoms with van der Waals surface area (Å²) in [5.74, 6) is -2.33. The molecule has 0 aliphatic heterocycles. The van der Waals surface area contributed by atoms with Gasteiger partial charge in [0, 0.05) is 0 Å². The number of allylic oxidation sites excluding steroid dienone is 1. The first-order valence-corrected chi connectivity index (χ1v) is 3.48. The van der Waals surface area contributed by atoms with Crippen molar-refractivity contribution in [3.8, 4) is 17.2 Å². The summed E-state index contributed by atoms with van der Waals surface area (Å²) in [7, 11) is 0. The van der Waals surface area contributed by atoms with E-state index in [1.165, 1.54) is 6.07 Å². The number of benzene rings is 1. The maximum atomic E-state index is 11.0. The normalized spacial score (nSPS) is 9.54. The van der Waals surface area contributed by atoms with Crippen LogP contribution in [0.25, 0.3) is 0 Å². The van der Waals surface area contributed by atoms with Gasteiger partial charge in [0.2, 0.25) is 5.75 Å². The molecule has 0 heterocycles. The molecule has 13 heavy (non-hydrogen) atoms. The van der Waals surface area contributed by atoms with Crippen LogP contribution in [0.3, 0.4) is 0 Å². The van der Waals surface area contributed by atoms with Crippen LogP contribution < -0.4 is 0 Å². The summed E-state index contributed by atoms with van der Waals surface area (Å²) in [4.78, 5) is 11.0. The highest BCUT2D eigenvalue weighted by Gasteiger charge is 2.14. The van der Waals surface area contributed by atoms with Gasteiger partial charge < -0.3 is 15.3 Å². The molecule has 4 heteroatoms. The minimum atomic E-state index is -0.701. The van der Waals surface area contributed by atoms with E-state index in [2.05, 4.69) is 6.58 Å². The van der Waals surface area contributed by atoms with Gasteiger partial charge in [0.25, 0.3) is 0 Å². The fraction of sp³-hybridized carbons (Fsp3) is 0. The zero-order valence-corrected chi connectivity index (χ0v) is 6.69. The molecule has 0 aliphatic rings. The molecular formula is C9H8O4. The predicted molar refractivity (Wildman–Crippen MR) is 46.0 cm³/mol. The van der Waals surface area contributed by atoms with E-state index in [0.29, 0.717) is 0 Å². The van der Waals surface area contributed by atoms with Crippen molar-refractivity contribution in [2.75, 3.05) is 0 Å². The van der Waals surface area contributed by atoms with E-state index >= 15 is 0 Å². The monoisotopic (exact) mass is 180 g/mol. The highest BCUT2D eigenvalue weighted by molar-refractivity contribution is 6.06. The zero-order valence-electron chi connectivity index (χ0n) is 6.69. The molecule has 1 aromatic rings. The molecule has 0 amide bonds. The Balaban J connectivity index is 3.33. The second kappa shape index (κ2) is 3.18. The van der Waals surface area contributed by atoms with Crippen molar-refractivity contribution in [2.45, 2.75) is 0 Å². The summed E-state index contributed by atoms with van der Waals surface area (Å²) in [5.41, 5.74) is -0.0923. The summed E-state index contributed by atoms with van der Waals surface area (Å²) in [6.07, 6.45) is 1.01. The molecule has 1 rings (SSSR count). The maximum Gasteiger partial charge on any atom is 0.201 e. The van der Waals surface area contributed by atoms with Crippen molar-refractivity contribution >= 4 is 5.78 Å². The Hall–Kier alpha value is -1.97. The molecule has 1 aromatic carbocycles. The number of carbonyl (C=O) groups is 1. The zero-order chi connectivity index (χ0) is 10.0. The lowest BCUT2D eigenvalue weighted by Gasteiger charge is -2.03. The molecular weight excluding hydrogens is 172 g/mol. The average Bonchev–Trinajstić information content (AvgIpc) is 2.13. The van der Waals surface area contributed by atoms with Gasteiger partial charge in [-0.2, -0.15) is 0 Å². The van der Waals surface area contributed by atoms with Crippen molar-refractivity contribution in [1.29, 1.82) is 0 Å². The Labute approximate surface area is 74.4 Å². The number of hydrogen-bond acceptors (Lipinski definition) is 4. The lowest BCUT2D eigenvalue weighted by atomic mass is 10.1. The number of hydrogen-bond donors (Lipinski definition) is 3. The Bertz CT molecular complexity index is 368. The van der Waals surface area contributed by atoms with E-state index in [9.17, 15) is 9.90 Å². The van der Waals surface area contributed by atoms with E-state index in [1.807, 2.05) is 0 Å². The molecule has 0 radical (unpaired) electrons. The van der Waals surface area contributed by atoms with E-state index < -0.39 is 23.0 Å². The smallest absolute Gasteiger partial charge is 0.201 e. The number of ketones is 1. The van der Waals surface area contributed by atoms with Crippen LogP contribution in [0.5, 0.6) is 17.2 Å². The van der Waals surface area contributed by atoms with Gasteiger partial charge in [-0.25, -0.2) is 0 Å². The van der Waals surface area contributed by atoms with Crippen LogP contribution in [0.2, 0.25) is 0 Å². The minimum absolute atomic E-state index is 0.0923. The van der Waals surface area contributed by atoms with Gasteiger partial charge in [0.1, 0.15) is 0 Å². The van der Waals surface area contributed by atoms with Crippen LogP contribution in [0.1, 0.15) is 10.4 Å². The average molecular weight is 180 g/mol. The van der Waals surface area contributed by atoms with Gasteiger partial charge in [0.15, 0.2) is 17.3 Å². The summed E-state index contributed by atoms with van der Waals surface area (Å²) >= 11 is 0. The number of phenolic OH excluding ortho intramolecular Hbond substituents is 3. The van der Waals surface area contributed by atoms with Crippen molar-refractivity contribution in [1.82, 2.24) is 0 Å². The van der Waals surface area contributed by atoms with Crippen LogP contribution in [-0.2, 0) is 0 Å². The molecule has 68 valence electrons. The van der Waals surface area contributed by atoms with Gasteiger partial charge in [-0.1, -0.05) is 6.58 Å². The molecule has 0 bridgehead atoms. The van der Waals surface area contributed by atoms with Crippen LogP contribution in [0.4, 0.5) is 0 Å². The Kier molecular flexibility index (Phi) is 2.23. The van der Waals surface area contributed by atoms with Crippen molar-refractivity contribution in [3.63, 3.8) is 0 Å². The van der Waals surface area contributed by atoms with Crippen LogP contribution in [0.15, 0.2) is 24.8 Å². The summed E-state index contributed by atoms with van der Waals surface area (Å²) < 4.78 is 0. The minimum Gasteiger partial charge on any atom is -0.504 e. The number of carbonyl (C=O) groups excluding carboxylic acids is 1. The summed E-state index contributed by atoms with van der Waals surface area (Å²) in [5, 5.41) is 27.2. The first-order chi connectivity index (χ1) is 6.07. The van der Waals surface area contributed by atoms with Gasteiger partial charge in [-0.3, -0.25) is 4.79 Å². The number of phenols is 3. The van der Waals surface area contributed by atoms with Gasteiger partial charge in [-0.15, -0.1) is 0 Å². The third-order valence-corrected chi connectivity index (χ3v) is 1.58. The molecule has 0 unspecified atom stereocenters. The molecule has 3 N–H and O–H groups in total. The molecule has 0 fully saturated rings. The molecule has 0 aromatic heterocycles. The van der Waals surface area contributed by atoms with Crippen LogP contribution in [0, 0.1) is 0 Å². The Morgan fingerprint density at radius 2 is 1.85 bits per heavy atom. The molecule has 0 saturated heterocycles. The van der Waals surface area contributed by atoms with Crippen LogP contribution in [-0.4, -0.2) is 21.1 Å². The van der Waals surface area contributed by atoms with E-state index in [4.69, 9.17) is 10.2 Å². The third-order valence-electron chi connectivity index (χ3n) is 1.58. The highest BCUT2D eigenvalue weighted by atomic mass is 16.3. The van der Waals surface area contributed by atoms with E-state index in [-0.39, 0.29) is 5.56 Å². The van der Waals surface area contributed by atoms with Crippen LogP contribution >= 0.6 is 0 Å². The lowest BCUT2D eigenvalue weighted by Crippen LogP contribution is -1.93. The van der Waals surface area contributed by atoms with Crippen molar-refractivity contribution in [3.05, 3.63) is 30.4 Å². The van der Waals surface area contributed by atoms with E-state index in [1.54, 1.807) is 0 Å². The fourth-order valence-electron chi connectivity index (χ4n) is 0.878. The number of aromatic hydroxyl groups is 3. The molecule has 4 nitrogen and oxygen atoms in total. The second-order valence-corrected chi connectivity index (χ2v) is 2.40. The standard InChI is InChI=1S/C9H8O4/c1-2-6(10)5-3-4-7(11)9(13)8(5)12/h2-4,11-13H,1H2.